The summed E-state index contributed by atoms with van der Waals surface area (Å²) in [6.07, 6.45) is 0.573. The van der Waals surface area contributed by atoms with Crippen LogP contribution in [0.25, 0.3) is 0 Å². The molecule has 0 aliphatic rings. The van der Waals surface area contributed by atoms with Crippen LogP contribution in [0.1, 0.15) is 32.8 Å². The Kier molecular flexibility index (Phi) is 5.41. The van der Waals surface area contributed by atoms with Crippen LogP contribution in [0.15, 0.2) is 18.2 Å². The fourth-order valence-corrected chi connectivity index (χ4v) is 2.19. The Balaban J connectivity index is 2.73. The van der Waals surface area contributed by atoms with E-state index >= 15 is 0 Å². The molecule has 0 radical (unpaired) electrons. The van der Waals surface area contributed by atoms with Gasteiger partial charge in [0.05, 0.1) is 28.3 Å². The van der Waals surface area contributed by atoms with Crippen LogP contribution >= 0.6 is 11.6 Å². The second-order valence-electron chi connectivity index (χ2n) is 5.99. The molecule has 4 nitrogen and oxygen atoms in total. The third kappa shape index (κ3) is 5.10. The number of nitriles is 1. The van der Waals surface area contributed by atoms with E-state index in [0.29, 0.717) is 29.2 Å². The first-order chi connectivity index (χ1) is 9.23. The Hall–Kier alpha value is -1.73. The third-order valence-corrected chi connectivity index (χ3v) is 3.16. The number of carboxylic acid groups (broad SMARTS) is 1. The fraction of sp³-hybridized carbons (Fsp3) is 0.467. The van der Waals surface area contributed by atoms with E-state index in [1.54, 1.807) is 18.2 Å². The molecule has 0 heterocycles. The molecular formula is C15H19ClN2O2. The zero-order valence-electron chi connectivity index (χ0n) is 11.9. The van der Waals surface area contributed by atoms with Gasteiger partial charge in [-0.05, 0) is 30.0 Å². The minimum absolute atomic E-state index is 0.0564. The van der Waals surface area contributed by atoms with Gasteiger partial charge in [0, 0.05) is 6.54 Å². The lowest BCUT2D eigenvalue weighted by Gasteiger charge is -2.24. The first-order valence-electron chi connectivity index (χ1n) is 6.39. The summed E-state index contributed by atoms with van der Waals surface area (Å²) in [4.78, 5) is 11.3. The molecule has 0 aromatic heterocycles. The fourth-order valence-electron chi connectivity index (χ4n) is 1.95. The Bertz CT molecular complexity index is 530. The van der Waals surface area contributed by atoms with Crippen molar-refractivity contribution in [1.29, 1.82) is 5.26 Å². The van der Waals surface area contributed by atoms with Gasteiger partial charge < -0.3 is 10.4 Å². The minimum atomic E-state index is -0.822. The molecule has 1 atom stereocenters. The van der Waals surface area contributed by atoms with Crippen LogP contribution in [0.3, 0.4) is 0 Å². The normalized spacial score (nSPS) is 12.6. The lowest BCUT2D eigenvalue weighted by Crippen LogP contribution is -2.27. The van der Waals surface area contributed by atoms with Crippen molar-refractivity contribution in [3.8, 4) is 6.07 Å². The summed E-state index contributed by atoms with van der Waals surface area (Å²) in [5, 5.41) is 21.5. The van der Waals surface area contributed by atoms with E-state index in [1.165, 1.54) is 0 Å². The number of hydrogen-bond acceptors (Lipinski definition) is 3. The summed E-state index contributed by atoms with van der Waals surface area (Å²) >= 11 is 6.04. The van der Waals surface area contributed by atoms with E-state index in [9.17, 15) is 9.90 Å². The van der Waals surface area contributed by atoms with E-state index in [4.69, 9.17) is 16.9 Å². The van der Waals surface area contributed by atoms with Crippen LogP contribution in [0.4, 0.5) is 5.69 Å². The lowest BCUT2D eigenvalue weighted by molar-refractivity contribution is -0.142. The number of carbonyl (C=O) groups is 1. The van der Waals surface area contributed by atoms with Gasteiger partial charge in [-0.15, -0.1) is 0 Å². The number of anilines is 1. The number of benzene rings is 1. The molecule has 5 heteroatoms. The monoisotopic (exact) mass is 294 g/mol. The molecule has 0 amide bonds. The first-order valence-corrected chi connectivity index (χ1v) is 6.77. The van der Waals surface area contributed by atoms with Gasteiger partial charge in [-0.2, -0.15) is 5.26 Å². The quantitative estimate of drug-likeness (QED) is 0.867. The largest absolute Gasteiger partial charge is 0.481 e. The van der Waals surface area contributed by atoms with Crippen LogP contribution in [0, 0.1) is 22.7 Å². The van der Waals surface area contributed by atoms with E-state index in [-0.39, 0.29) is 5.41 Å². The summed E-state index contributed by atoms with van der Waals surface area (Å²) in [5.74, 6) is -1.31. The average Bonchev–Trinajstić information content (AvgIpc) is 2.33. The highest BCUT2D eigenvalue weighted by Crippen LogP contribution is 2.27. The molecule has 1 rings (SSSR count). The van der Waals surface area contributed by atoms with E-state index < -0.39 is 11.9 Å². The Labute approximate surface area is 124 Å². The van der Waals surface area contributed by atoms with Crippen molar-refractivity contribution in [2.45, 2.75) is 27.2 Å². The van der Waals surface area contributed by atoms with Gasteiger partial charge in [-0.1, -0.05) is 32.4 Å². The minimum Gasteiger partial charge on any atom is -0.481 e. The zero-order chi connectivity index (χ0) is 15.3. The molecular weight excluding hydrogens is 276 g/mol. The van der Waals surface area contributed by atoms with Gasteiger partial charge in [0.15, 0.2) is 0 Å². The molecule has 0 fully saturated rings. The van der Waals surface area contributed by atoms with Crippen molar-refractivity contribution in [2.24, 2.45) is 11.3 Å². The molecule has 0 aliphatic carbocycles. The Morgan fingerprint density at radius 2 is 2.15 bits per heavy atom. The van der Waals surface area contributed by atoms with Crippen molar-refractivity contribution in [3.05, 3.63) is 28.8 Å². The van der Waals surface area contributed by atoms with Crippen LogP contribution in [-0.2, 0) is 4.79 Å². The van der Waals surface area contributed by atoms with Gasteiger partial charge in [-0.25, -0.2) is 0 Å². The Morgan fingerprint density at radius 1 is 1.50 bits per heavy atom. The van der Waals surface area contributed by atoms with E-state index in [1.807, 2.05) is 26.8 Å². The summed E-state index contributed by atoms with van der Waals surface area (Å²) in [5.41, 5.74) is 1.06. The standard InChI is InChI=1S/C15H19ClN2O2/c1-15(2,3)7-11(14(19)20)9-18-13-5-4-10(8-17)6-12(13)16/h4-6,11,18H,7,9H2,1-3H3,(H,19,20). The van der Waals surface area contributed by atoms with Gasteiger partial charge >= 0.3 is 5.97 Å². The van der Waals surface area contributed by atoms with Crippen LogP contribution in [0.5, 0.6) is 0 Å². The highest BCUT2D eigenvalue weighted by Gasteiger charge is 2.24. The van der Waals surface area contributed by atoms with Crippen molar-refractivity contribution >= 4 is 23.3 Å². The Morgan fingerprint density at radius 3 is 2.60 bits per heavy atom. The lowest BCUT2D eigenvalue weighted by atomic mass is 9.84. The van der Waals surface area contributed by atoms with Crippen LogP contribution in [0.2, 0.25) is 5.02 Å². The topological polar surface area (TPSA) is 73.1 Å². The molecule has 0 aliphatic heterocycles. The average molecular weight is 295 g/mol. The van der Waals surface area contributed by atoms with Crippen LogP contribution < -0.4 is 5.32 Å². The SMILES string of the molecule is CC(C)(C)CC(CNc1ccc(C#N)cc1Cl)C(=O)O. The molecule has 20 heavy (non-hydrogen) atoms. The maximum atomic E-state index is 11.3. The number of halogens is 1. The zero-order valence-corrected chi connectivity index (χ0v) is 12.7. The van der Waals surface area contributed by atoms with Gasteiger partial charge in [0.1, 0.15) is 0 Å². The highest BCUT2D eigenvalue weighted by atomic mass is 35.5. The molecule has 1 unspecified atom stereocenters. The second kappa shape index (κ2) is 6.62. The summed E-state index contributed by atoms with van der Waals surface area (Å²) < 4.78 is 0. The predicted molar refractivity (Wildman–Crippen MR) is 79.9 cm³/mol. The maximum absolute atomic E-state index is 11.3. The predicted octanol–water partition coefficient (Wildman–Crippen LogP) is 3.76. The number of rotatable bonds is 5. The van der Waals surface area contributed by atoms with Gasteiger partial charge in [0.2, 0.25) is 0 Å². The summed E-state index contributed by atoms with van der Waals surface area (Å²) in [7, 11) is 0. The number of aliphatic carboxylic acids is 1. The van der Waals surface area contributed by atoms with Crippen molar-refractivity contribution in [2.75, 3.05) is 11.9 Å². The first kappa shape index (κ1) is 16.3. The molecule has 0 saturated heterocycles. The van der Waals surface area contributed by atoms with E-state index in [0.717, 1.165) is 0 Å². The van der Waals surface area contributed by atoms with Crippen LogP contribution in [-0.4, -0.2) is 17.6 Å². The second-order valence-corrected chi connectivity index (χ2v) is 6.39. The van der Waals surface area contributed by atoms with E-state index in [2.05, 4.69) is 5.32 Å². The highest BCUT2D eigenvalue weighted by molar-refractivity contribution is 6.33. The van der Waals surface area contributed by atoms with Crippen molar-refractivity contribution in [1.82, 2.24) is 0 Å². The molecule has 2 N–H and O–H groups in total. The van der Waals surface area contributed by atoms with Gasteiger partial charge in [0.25, 0.3) is 0 Å². The van der Waals surface area contributed by atoms with Crippen molar-refractivity contribution in [3.63, 3.8) is 0 Å². The summed E-state index contributed by atoms with van der Waals surface area (Å²) in [6, 6.07) is 6.90. The number of carboxylic acids is 1. The molecule has 1 aromatic carbocycles. The molecule has 108 valence electrons. The number of hydrogen-bond donors (Lipinski definition) is 2. The third-order valence-electron chi connectivity index (χ3n) is 2.85. The summed E-state index contributed by atoms with van der Waals surface area (Å²) in [6.45, 7) is 6.34. The van der Waals surface area contributed by atoms with Gasteiger partial charge in [-0.3, -0.25) is 4.79 Å². The molecule has 1 aromatic rings. The molecule has 0 bridgehead atoms. The van der Waals surface area contributed by atoms with Crippen molar-refractivity contribution < 1.29 is 9.90 Å². The smallest absolute Gasteiger partial charge is 0.308 e. The molecule has 0 saturated carbocycles. The molecule has 0 spiro atoms. The number of nitrogens with zero attached hydrogens (tertiary/aromatic N) is 1. The number of nitrogens with one attached hydrogen (secondary N) is 1. The maximum Gasteiger partial charge on any atom is 0.308 e.